The van der Waals surface area contributed by atoms with Crippen molar-refractivity contribution in [3.8, 4) is 11.5 Å². The van der Waals surface area contributed by atoms with Crippen molar-refractivity contribution in [2.45, 2.75) is 26.7 Å². The molecule has 5 heteroatoms. The second-order valence-corrected chi connectivity index (χ2v) is 5.99. The van der Waals surface area contributed by atoms with E-state index in [1.54, 1.807) is 7.11 Å². The van der Waals surface area contributed by atoms with Crippen LogP contribution in [0.4, 0.5) is 0 Å². The number of nitrogens with zero attached hydrogens (tertiary/aromatic N) is 1. The molecule has 1 aromatic carbocycles. The van der Waals surface area contributed by atoms with Crippen LogP contribution in [0.1, 0.15) is 32.3 Å². The fourth-order valence-electron chi connectivity index (χ4n) is 2.77. The van der Waals surface area contributed by atoms with Crippen LogP contribution >= 0.6 is 11.6 Å². The van der Waals surface area contributed by atoms with E-state index in [-0.39, 0.29) is 5.78 Å². The van der Waals surface area contributed by atoms with E-state index in [0.717, 1.165) is 30.6 Å². The molecule has 0 aliphatic carbocycles. The fourth-order valence-corrected chi connectivity index (χ4v) is 3.04. The standard InChI is InChI=1S/C18H24ClNO3/c1-4-7-20-8-6-16(21)14(12-20)9-13-10-15(19)18(23-5-2)17(11-13)22-3/h9-11H,4-8,12H2,1-3H3/b14-9+. The molecule has 1 saturated heterocycles. The zero-order chi connectivity index (χ0) is 16.8. The molecule has 0 spiro atoms. The maximum Gasteiger partial charge on any atom is 0.179 e. The molecule has 0 N–H and O–H groups in total. The number of benzene rings is 1. The zero-order valence-corrected chi connectivity index (χ0v) is 14.8. The Balaban J connectivity index is 2.30. The molecule has 0 atom stereocenters. The lowest BCUT2D eigenvalue weighted by molar-refractivity contribution is -0.117. The summed E-state index contributed by atoms with van der Waals surface area (Å²) < 4.78 is 10.9. The highest BCUT2D eigenvalue weighted by Gasteiger charge is 2.21. The molecule has 0 bridgehead atoms. The lowest BCUT2D eigenvalue weighted by Crippen LogP contribution is -2.36. The number of hydrogen-bond acceptors (Lipinski definition) is 4. The Morgan fingerprint density at radius 1 is 1.35 bits per heavy atom. The summed E-state index contributed by atoms with van der Waals surface area (Å²) in [6.45, 7) is 7.11. The van der Waals surface area contributed by atoms with Crippen LogP contribution in [-0.4, -0.2) is 44.0 Å². The van der Waals surface area contributed by atoms with E-state index in [1.165, 1.54) is 0 Å². The van der Waals surface area contributed by atoms with Gasteiger partial charge in [0, 0.05) is 25.1 Å². The van der Waals surface area contributed by atoms with Crippen molar-refractivity contribution in [3.63, 3.8) is 0 Å². The third-order valence-electron chi connectivity index (χ3n) is 3.83. The third kappa shape index (κ3) is 4.49. The van der Waals surface area contributed by atoms with Crippen LogP contribution in [0.3, 0.4) is 0 Å². The number of carbonyl (C=O) groups excluding carboxylic acids is 1. The Kier molecular flexibility index (Phi) is 6.48. The molecular formula is C18H24ClNO3. The molecule has 0 unspecified atom stereocenters. The molecule has 0 amide bonds. The predicted octanol–water partition coefficient (Wildman–Crippen LogP) is 3.82. The van der Waals surface area contributed by atoms with Crippen LogP contribution in [0, 0.1) is 0 Å². The summed E-state index contributed by atoms with van der Waals surface area (Å²) in [5.41, 5.74) is 1.68. The average molecular weight is 338 g/mol. The van der Waals surface area contributed by atoms with Crippen LogP contribution < -0.4 is 9.47 Å². The average Bonchev–Trinajstić information content (AvgIpc) is 2.53. The van der Waals surface area contributed by atoms with E-state index < -0.39 is 0 Å². The molecule has 1 fully saturated rings. The summed E-state index contributed by atoms with van der Waals surface area (Å²) in [7, 11) is 1.58. The van der Waals surface area contributed by atoms with E-state index in [9.17, 15) is 4.79 Å². The molecule has 1 aromatic rings. The van der Waals surface area contributed by atoms with E-state index in [2.05, 4.69) is 11.8 Å². The van der Waals surface area contributed by atoms with E-state index in [4.69, 9.17) is 21.1 Å². The first kappa shape index (κ1) is 17.8. The van der Waals surface area contributed by atoms with Gasteiger partial charge in [-0.2, -0.15) is 0 Å². The van der Waals surface area contributed by atoms with Gasteiger partial charge >= 0.3 is 0 Å². The monoisotopic (exact) mass is 337 g/mol. The van der Waals surface area contributed by atoms with Crippen molar-refractivity contribution in [1.82, 2.24) is 4.90 Å². The molecule has 1 aliphatic heterocycles. The minimum absolute atomic E-state index is 0.210. The smallest absolute Gasteiger partial charge is 0.179 e. The number of Topliss-reactive ketones (excluding diaryl/α,β-unsaturated/α-hetero) is 1. The second-order valence-electron chi connectivity index (χ2n) is 5.59. The van der Waals surface area contributed by atoms with Crippen LogP contribution in [-0.2, 0) is 4.79 Å². The number of likely N-dealkylation sites (tertiary alicyclic amines) is 1. The number of rotatable bonds is 6. The van der Waals surface area contributed by atoms with Gasteiger partial charge < -0.3 is 9.47 Å². The fraction of sp³-hybridized carbons (Fsp3) is 0.500. The van der Waals surface area contributed by atoms with E-state index >= 15 is 0 Å². The third-order valence-corrected chi connectivity index (χ3v) is 4.11. The molecular weight excluding hydrogens is 314 g/mol. The van der Waals surface area contributed by atoms with Crippen molar-refractivity contribution >= 4 is 23.5 Å². The summed E-state index contributed by atoms with van der Waals surface area (Å²) in [5.74, 6) is 1.34. The molecule has 0 aromatic heterocycles. The first-order valence-corrected chi connectivity index (χ1v) is 8.43. The Hall–Kier alpha value is -1.52. The number of piperidine rings is 1. The van der Waals surface area contributed by atoms with Crippen molar-refractivity contribution in [1.29, 1.82) is 0 Å². The Bertz CT molecular complexity index is 598. The Labute approximate surface area is 143 Å². The van der Waals surface area contributed by atoms with Gasteiger partial charge in [0.25, 0.3) is 0 Å². The van der Waals surface area contributed by atoms with Crippen molar-refractivity contribution in [2.24, 2.45) is 0 Å². The van der Waals surface area contributed by atoms with Crippen LogP contribution in [0.15, 0.2) is 17.7 Å². The van der Waals surface area contributed by atoms with Crippen LogP contribution in [0.25, 0.3) is 6.08 Å². The summed E-state index contributed by atoms with van der Waals surface area (Å²) >= 11 is 6.29. The van der Waals surface area contributed by atoms with Gasteiger partial charge in [0.05, 0.1) is 18.7 Å². The Morgan fingerprint density at radius 2 is 2.13 bits per heavy atom. The van der Waals surface area contributed by atoms with Gasteiger partial charge in [-0.1, -0.05) is 18.5 Å². The maximum absolute atomic E-state index is 12.2. The number of ether oxygens (including phenoxy) is 2. The van der Waals surface area contributed by atoms with E-state index in [0.29, 0.717) is 36.1 Å². The summed E-state index contributed by atoms with van der Waals surface area (Å²) in [5, 5.41) is 0.492. The normalized spacial score (nSPS) is 17.6. The SMILES string of the molecule is CCCN1CCC(=O)/C(=C/c2cc(Cl)c(OCC)c(OC)c2)C1. The quantitative estimate of drug-likeness (QED) is 0.740. The lowest BCUT2D eigenvalue weighted by Gasteiger charge is -2.27. The van der Waals surface area contributed by atoms with Gasteiger partial charge in [-0.15, -0.1) is 0 Å². The molecule has 4 nitrogen and oxygen atoms in total. The number of methoxy groups -OCH3 is 1. The topological polar surface area (TPSA) is 38.8 Å². The van der Waals surface area contributed by atoms with Crippen LogP contribution in [0.2, 0.25) is 5.02 Å². The largest absolute Gasteiger partial charge is 0.493 e. The van der Waals surface area contributed by atoms with Crippen molar-refractivity contribution in [2.75, 3.05) is 33.4 Å². The molecule has 2 rings (SSSR count). The van der Waals surface area contributed by atoms with Gasteiger partial charge in [0.1, 0.15) is 0 Å². The highest BCUT2D eigenvalue weighted by Crippen LogP contribution is 2.37. The molecule has 0 saturated carbocycles. The van der Waals surface area contributed by atoms with Crippen LogP contribution in [0.5, 0.6) is 11.5 Å². The molecule has 23 heavy (non-hydrogen) atoms. The molecule has 1 aliphatic rings. The number of hydrogen-bond donors (Lipinski definition) is 0. The Morgan fingerprint density at radius 3 is 2.78 bits per heavy atom. The minimum atomic E-state index is 0.210. The van der Waals surface area contributed by atoms with Gasteiger partial charge in [-0.25, -0.2) is 0 Å². The first-order chi connectivity index (χ1) is 11.1. The number of ketones is 1. The minimum Gasteiger partial charge on any atom is -0.493 e. The van der Waals surface area contributed by atoms with Gasteiger partial charge in [-0.3, -0.25) is 9.69 Å². The zero-order valence-electron chi connectivity index (χ0n) is 14.0. The summed E-state index contributed by atoms with van der Waals surface area (Å²) in [4.78, 5) is 14.5. The van der Waals surface area contributed by atoms with Gasteiger partial charge in [0.15, 0.2) is 17.3 Å². The van der Waals surface area contributed by atoms with Crippen molar-refractivity contribution in [3.05, 3.63) is 28.3 Å². The lowest BCUT2D eigenvalue weighted by atomic mass is 10.00. The predicted molar refractivity (Wildman–Crippen MR) is 93.5 cm³/mol. The first-order valence-electron chi connectivity index (χ1n) is 8.05. The number of carbonyl (C=O) groups is 1. The van der Waals surface area contributed by atoms with Gasteiger partial charge in [-0.05, 0) is 43.7 Å². The van der Waals surface area contributed by atoms with Gasteiger partial charge in [0.2, 0.25) is 0 Å². The summed E-state index contributed by atoms with van der Waals surface area (Å²) in [6.07, 6.45) is 3.58. The summed E-state index contributed by atoms with van der Waals surface area (Å²) in [6, 6.07) is 3.67. The maximum atomic E-state index is 12.2. The van der Waals surface area contributed by atoms with E-state index in [1.807, 2.05) is 25.1 Å². The second kappa shape index (κ2) is 8.37. The molecule has 0 radical (unpaired) electrons. The molecule has 126 valence electrons. The number of halogens is 1. The molecule has 1 heterocycles. The highest BCUT2D eigenvalue weighted by molar-refractivity contribution is 6.32. The van der Waals surface area contributed by atoms with Crippen molar-refractivity contribution < 1.29 is 14.3 Å². The highest BCUT2D eigenvalue weighted by atomic mass is 35.5.